The number of rotatable bonds is 6. The van der Waals surface area contributed by atoms with Gasteiger partial charge >= 0.3 is 11.7 Å². The first-order valence-corrected chi connectivity index (χ1v) is 13.2. The second-order valence-corrected chi connectivity index (χ2v) is 11.6. The molecular weight excluding hydrogens is 609 g/mol. The van der Waals surface area contributed by atoms with Crippen LogP contribution in [0.25, 0.3) is 0 Å². The fourth-order valence-corrected chi connectivity index (χ4v) is 6.19. The van der Waals surface area contributed by atoms with Crippen molar-refractivity contribution >= 4 is 62.1 Å². The van der Waals surface area contributed by atoms with Crippen LogP contribution in [0.4, 0.5) is 32.0 Å². The van der Waals surface area contributed by atoms with E-state index in [9.17, 15) is 44.3 Å². The van der Waals surface area contributed by atoms with Gasteiger partial charge in [-0.05, 0) is 41.8 Å². The van der Waals surface area contributed by atoms with Gasteiger partial charge in [-0.1, -0.05) is 47.8 Å². The van der Waals surface area contributed by atoms with Crippen molar-refractivity contribution in [3.8, 4) is 0 Å². The van der Waals surface area contributed by atoms with Crippen molar-refractivity contribution in [1.82, 2.24) is 5.32 Å². The SMILES string of the molecule is CCC(=O)NCc1ccc(N2CCC(c3cc(Cl)c(Cl)c(Cl)c3)(S(=O)(=O)C(F)(F)F)C2=O)cc1C(F)(F)F. The number of nitrogens with zero attached hydrogens (tertiary/aromatic N) is 1. The van der Waals surface area contributed by atoms with Crippen molar-refractivity contribution in [2.75, 3.05) is 11.4 Å². The molecule has 0 bridgehead atoms. The van der Waals surface area contributed by atoms with Crippen LogP contribution in [0.3, 0.4) is 0 Å². The van der Waals surface area contributed by atoms with Gasteiger partial charge in [0.15, 0.2) is 4.75 Å². The number of sulfone groups is 1. The monoisotopic (exact) mass is 624 g/mol. The molecule has 0 radical (unpaired) electrons. The molecule has 208 valence electrons. The minimum atomic E-state index is -6.32. The molecule has 1 aliphatic rings. The molecule has 0 aromatic heterocycles. The maximum absolute atomic E-state index is 13.8. The first-order chi connectivity index (χ1) is 17.4. The molecule has 1 heterocycles. The lowest BCUT2D eigenvalue weighted by atomic mass is 9.96. The molecule has 0 saturated carbocycles. The number of carbonyl (C=O) groups excluding carboxylic acids is 2. The standard InChI is InChI=1S/C22H17Cl3F6N2O4S/c1-2-17(34)32-10-11-3-4-13(9-14(11)21(26,27)28)33-6-5-20(19(33)35,38(36,37)22(29,30)31)12-7-15(23)18(25)16(24)8-12/h3-4,7-9H,2,5-6,10H2,1H3,(H,32,34). The van der Waals surface area contributed by atoms with Gasteiger partial charge < -0.3 is 10.2 Å². The summed E-state index contributed by atoms with van der Waals surface area (Å²) < 4.78 is 105. The minimum Gasteiger partial charge on any atom is -0.352 e. The molecule has 1 aliphatic heterocycles. The van der Waals surface area contributed by atoms with E-state index in [0.717, 1.165) is 24.3 Å². The summed E-state index contributed by atoms with van der Waals surface area (Å²) in [6.45, 7) is 0.295. The van der Waals surface area contributed by atoms with E-state index in [0.29, 0.717) is 11.0 Å². The Balaban J connectivity index is 2.18. The number of hydrogen-bond acceptors (Lipinski definition) is 4. The van der Waals surface area contributed by atoms with Crippen LogP contribution >= 0.6 is 34.8 Å². The molecule has 16 heteroatoms. The molecule has 1 fully saturated rings. The Bertz CT molecular complexity index is 1380. The number of halogens is 9. The smallest absolute Gasteiger partial charge is 0.352 e. The predicted molar refractivity (Wildman–Crippen MR) is 129 cm³/mol. The summed E-state index contributed by atoms with van der Waals surface area (Å²) in [6, 6.07) is 3.96. The van der Waals surface area contributed by atoms with Crippen LogP contribution in [-0.4, -0.2) is 32.3 Å². The van der Waals surface area contributed by atoms with E-state index in [1.165, 1.54) is 6.92 Å². The fraction of sp³-hybridized carbons (Fsp3) is 0.364. The first-order valence-electron chi connectivity index (χ1n) is 10.6. The second kappa shape index (κ2) is 10.4. The van der Waals surface area contributed by atoms with Crippen molar-refractivity contribution in [3.63, 3.8) is 0 Å². The zero-order valence-corrected chi connectivity index (χ0v) is 22.2. The Labute approximate surface area is 227 Å². The Kier molecular flexibility index (Phi) is 8.30. The van der Waals surface area contributed by atoms with Gasteiger partial charge in [0.2, 0.25) is 5.91 Å². The summed E-state index contributed by atoms with van der Waals surface area (Å²) in [5.74, 6) is -2.18. The van der Waals surface area contributed by atoms with Gasteiger partial charge in [0.25, 0.3) is 15.7 Å². The Hall–Kier alpha value is -2.22. The highest BCUT2D eigenvalue weighted by molar-refractivity contribution is 7.94. The Morgan fingerprint density at radius 3 is 2.13 bits per heavy atom. The number of carbonyl (C=O) groups is 2. The van der Waals surface area contributed by atoms with Crippen molar-refractivity contribution in [2.45, 2.75) is 42.7 Å². The average molecular weight is 626 g/mol. The number of hydrogen-bond donors (Lipinski definition) is 1. The van der Waals surface area contributed by atoms with Crippen LogP contribution in [0.1, 0.15) is 36.5 Å². The third-order valence-corrected chi connectivity index (χ3v) is 9.34. The quantitative estimate of drug-likeness (QED) is 0.304. The molecule has 6 nitrogen and oxygen atoms in total. The van der Waals surface area contributed by atoms with E-state index in [1.807, 2.05) is 0 Å². The normalized spacial score (nSPS) is 18.7. The molecule has 1 atom stereocenters. The van der Waals surface area contributed by atoms with Gasteiger partial charge in [0.05, 0.1) is 20.6 Å². The van der Waals surface area contributed by atoms with Gasteiger partial charge in [-0.3, -0.25) is 9.59 Å². The zero-order chi connectivity index (χ0) is 28.8. The maximum atomic E-state index is 13.8. The first kappa shape index (κ1) is 30.3. The van der Waals surface area contributed by atoms with E-state index < -0.39 is 84.5 Å². The molecule has 38 heavy (non-hydrogen) atoms. The lowest BCUT2D eigenvalue weighted by Gasteiger charge is -2.29. The van der Waals surface area contributed by atoms with Crippen molar-refractivity contribution < 1.29 is 44.3 Å². The third-order valence-electron chi connectivity index (χ3n) is 6.00. The highest BCUT2D eigenvalue weighted by Gasteiger charge is 2.67. The zero-order valence-electron chi connectivity index (χ0n) is 19.1. The number of benzene rings is 2. The fourth-order valence-electron chi connectivity index (χ4n) is 4.07. The van der Waals surface area contributed by atoms with Crippen LogP contribution < -0.4 is 10.2 Å². The summed E-state index contributed by atoms with van der Waals surface area (Å²) in [5.41, 5.74) is -8.81. The molecule has 1 unspecified atom stereocenters. The molecule has 0 aliphatic carbocycles. The number of amides is 2. The van der Waals surface area contributed by atoms with E-state index in [2.05, 4.69) is 5.32 Å². The predicted octanol–water partition coefficient (Wildman–Crippen LogP) is 6.26. The Morgan fingerprint density at radius 1 is 1.05 bits per heavy atom. The van der Waals surface area contributed by atoms with Crippen LogP contribution in [0.15, 0.2) is 30.3 Å². The van der Waals surface area contributed by atoms with Crippen molar-refractivity contribution in [2.24, 2.45) is 0 Å². The molecule has 2 amide bonds. The molecule has 0 spiro atoms. The lowest BCUT2D eigenvalue weighted by molar-refractivity contribution is -0.138. The molecule has 1 saturated heterocycles. The Morgan fingerprint density at radius 2 is 1.63 bits per heavy atom. The van der Waals surface area contributed by atoms with Crippen molar-refractivity contribution in [3.05, 3.63) is 62.1 Å². The van der Waals surface area contributed by atoms with Crippen LogP contribution in [-0.2, 0) is 36.9 Å². The topological polar surface area (TPSA) is 83.6 Å². The lowest BCUT2D eigenvalue weighted by Crippen LogP contribution is -2.49. The largest absolute Gasteiger partial charge is 0.498 e. The summed E-state index contributed by atoms with van der Waals surface area (Å²) >= 11 is 17.6. The average Bonchev–Trinajstić information content (AvgIpc) is 3.17. The second-order valence-electron chi connectivity index (χ2n) is 8.21. The van der Waals surface area contributed by atoms with Gasteiger partial charge in [0.1, 0.15) is 0 Å². The summed E-state index contributed by atoms with van der Waals surface area (Å²) in [7, 11) is -6.32. The highest BCUT2D eigenvalue weighted by atomic mass is 35.5. The molecule has 1 N–H and O–H groups in total. The molecule has 2 aromatic carbocycles. The summed E-state index contributed by atoms with van der Waals surface area (Å²) in [5, 5.41) is 1.11. The van der Waals surface area contributed by atoms with Gasteiger partial charge in [-0.25, -0.2) is 8.42 Å². The van der Waals surface area contributed by atoms with Gasteiger partial charge in [-0.2, -0.15) is 26.3 Å². The minimum absolute atomic E-state index is 0.0101. The molecule has 3 rings (SSSR count). The summed E-state index contributed by atoms with van der Waals surface area (Å²) in [6.07, 6.45) is -5.94. The van der Waals surface area contributed by atoms with Crippen molar-refractivity contribution in [1.29, 1.82) is 0 Å². The van der Waals surface area contributed by atoms with Crippen LogP contribution in [0.5, 0.6) is 0 Å². The number of anilines is 1. The van der Waals surface area contributed by atoms with E-state index in [1.54, 1.807) is 0 Å². The number of nitrogens with one attached hydrogen (secondary N) is 1. The number of alkyl halides is 6. The van der Waals surface area contributed by atoms with E-state index in [4.69, 9.17) is 34.8 Å². The van der Waals surface area contributed by atoms with Crippen LogP contribution in [0, 0.1) is 0 Å². The summed E-state index contributed by atoms with van der Waals surface area (Å²) in [4.78, 5) is 25.5. The molecular formula is C22H17Cl3F6N2O4S. The maximum Gasteiger partial charge on any atom is 0.498 e. The third kappa shape index (κ3) is 5.17. The highest BCUT2D eigenvalue weighted by Crippen LogP contribution is 2.50. The van der Waals surface area contributed by atoms with Gasteiger partial charge in [0, 0.05) is 25.2 Å². The van der Waals surface area contributed by atoms with Gasteiger partial charge in [-0.15, -0.1) is 0 Å². The molecule has 2 aromatic rings. The van der Waals surface area contributed by atoms with E-state index >= 15 is 0 Å². The van der Waals surface area contributed by atoms with Crippen LogP contribution in [0.2, 0.25) is 15.1 Å². The van der Waals surface area contributed by atoms with E-state index in [-0.39, 0.29) is 17.0 Å².